The molecule has 2 aromatic rings. The lowest BCUT2D eigenvalue weighted by atomic mass is 10.1. The minimum Gasteiger partial charge on any atom is -0.322 e. The third-order valence-electron chi connectivity index (χ3n) is 3.24. The maximum atomic E-state index is 12.2. The largest absolute Gasteiger partial charge is 0.322 e. The molecule has 0 heterocycles. The van der Waals surface area contributed by atoms with E-state index in [1.807, 2.05) is 31.2 Å². The number of amides is 2. The summed E-state index contributed by atoms with van der Waals surface area (Å²) in [6.45, 7) is 3.44. The van der Waals surface area contributed by atoms with Crippen LogP contribution in [0.4, 0.5) is 11.4 Å². The molecule has 0 bridgehead atoms. The van der Waals surface area contributed by atoms with Gasteiger partial charge in [-0.25, -0.2) is 0 Å². The van der Waals surface area contributed by atoms with Crippen LogP contribution in [0.5, 0.6) is 0 Å². The van der Waals surface area contributed by atoms with E-state index in [1.54, 1.807) is 31.3 Å². The molecule has 0 aliphatic rings. The van der Waals surface area contributed by atoms with Crippen LogP contribution in [0.3, 0.4) is 0 Å². The Morgan fingerprint density at radius 1 is 1.05 bits per heavy atom. The van der Waals surface area contributed by atoms with Gasteiger partial charge in [0.05, 0.1) is 0 Å². The van der Waals surface area contributed by atoms with Crippen molar-refractivity contribution in [1.82, 2.24) is 0 Å². The molecule has 0 radical (unpaired) electrons. The third kappa shape index (κ3) is 3.69. The number of benzene rings is 2. The molecule has 0 saturated heterocycles. The first kappa shape index (κ1) is 14.8. The summed E-state index contributed by atoms with van der Waals surface area (Å²) in [4.78, 5) is 25.1. The Hall–Kier alpha value is -2.62. The predicted octanol–water partition coefficient (Wildman–Crippen LogP) is 3.23. The van der Waals surface area contributed by atoms with Crippen molar-refractivity contribution in [3.8, 4) is 0 Å². The predicted molar refractivity (Wildman–Crippen MR) is 84.7 cm³/mol. The summed E-state index contributed by atoms with van der Waals surface area (Å²) < 4.78 is 0. The van der Waals surface area contributed by atoms with Crippen molar-refractivity contribution in [3.63, 3.8) is 0 Å². The van der Waals surface area contributed by atoms with Gasteiger partial charge in [0.2, 0.25) is 5.91 Å². The van der Waals surface area contributed by atoms with Crippen molar-refractivity contribution in [2.45, 2.75) is 13.8 Å². The maximum Gasteiger partial charge on any atom is 0.255 e. The van der Waals surface area contributed by atoms with Crippen LogP contribution >= 0.6 is 0 Å². The van der Waals surface area contributed by atoms with E-state index in [-0.39, 0.29) is 11.8 Å². The Kier molecular flexibility index (Phi) is 4.38. The summed E-state index contributed by atoms with van der Waals surface area (Å²) in [6, 6.07) is 14.6. The van der Waals surface area contributed by atoms with Crippen molar-refractivity contribution in [3.05, 3.63) is 59.7 Å². The summed E-state index contributed by atoms with van der Waals surface area (Å²) in [6.07, 6.45) is 0. The number of hydrogen-bond acceptors (Lipinski definition) is 2. The van der Waals surface area contributed by atoms with Crippen LogP contribution in [0.1, 0.15) is 22.8 Å². The Labute approximate surface area is 124 Å². The summed E-state index contributed by atoms with van der Waals surface area (Å²) in [7, 11) is 1.70. The van der Waals surface area contributed by atoms with E-state index in [0.29, 0.717) is 11.3 Å². The van der Waals surface area contributed by atoms with Gasteiger partial charge in [-0.2, -0.15) is 0 Å². The molecule has 1 N–H and O–H groups in total. The molecule has 108 valence electrons. The zero-order valence-electron chi connectivity index (χ0n) is 12.4. The van der Waals surface area contributed by atoms with Gasteiger partial charge < -0.3 is 10.2 Å². The van der Waals surface area contributed by atoms with Gasteiger partial charge in [0.15, 0.2) is 0 Å². The third-order valence-corrected chi connectivity index (χ3v) is 3.24. The van der Waals surface area contributed by atoms with Crippen LogP contribution in [0.25, 0.3) is 0 Å². The van der Waals surface area contributed by atoms with E-state index < -0.39 is 0 Å². The van der Waals surface area contributed by atoms with E-state index in [0.717, 1.165) is 11.3 Å². The fourth-order valence-corrected chi connectivity index (χ4v) is 1.96. The van der Waals surface area contributed by atoms with Crippen molar-refractivity contribution in [1.29, 1.82) is 0 Å². The van der Waals surface area contributed by atoms with Crippen LogP contribution in [-0.4, -0.2) is 18.9 Å². The van der Waals surface area contributed by atoms with Gasteiger partial charge in [0.25, 0.3) is 5.91 Å². The highest BCUT2D eigenvalue weighted by molar-refractivity contribution is 6.04. The summed E-state index contributed by atoms with van der Waals surface area (Å²) >= 11 is 0. The van der Waals surface area contributed by atoms with Crippen LogP contribution < -0.4 is 10.2 Å². The molecular weight excluding hydrogens is 264 g/mol. The number of anilines is 2. The highest BCUT2D eigenvalue weighted by atomic mass is 16.2. The van der Waals surface area contributed by atoms with E-state index in [4.69, 9.17) is 0 Å². The molecule has 0 unspecified atom stereocenters. The van der Waals surface area contributed by atoms with Gasteiger partial charge in [-0.1, -0.05) is 23.8 Å². The summed E-state index contributed by atoms with van der Waals surface area (Å²) in [5.74, 6) is -0.224. The molecule has 21 heavy (non-hydrogen) atoms. The zero-order valence-corrected chi connectivity index (χ0v) is 12.4. The first-order chi connectivity index (χ1) is 9.97. The fourth-order valence-electron chi connectivity index (χ4n) is 1.96. The van der Waals surface area contributed by atoms with E-state index in [2.05, 4.69) is 5.32 Å². The Morgan fingerprint density at radius 3 is 2.43 bits per heavy atom. The lowest BCUT2D eigenvalue weighted by Gasteiger charge is -2.16. The van der Waals surface area contributed by atoms with Gasteiger partial charge in [-0.05, 0) is 37.3 Å². The normalized spacial score (nSPS) is 10.0. The quantitative estimate of drug-likeness (QED) is 0.939. The molecule has 4 nitrogen and oxygen atoms in total. The number of carbonyl (C=O) groups excluding carboxylic acids is 2. The molecule has 0 saturated carbocycles. The Morgan fingerprint density at radius 2 is 1.76 bits per heavy atom. The smallest absolute Gasteiger partial charge is 0.255 e. The number of rotatable bonds is 3. The van der Waals surface area contributed by atoms with Crippen molar-refractivity contribution in [2.75, 3.05) is 17.3 Å². The topological polar surface area (TPSA) is 49.4 Å². The fraction of sp³-hybridized carbons (Fsp3) is 0.176. The lowest BCUT2D eigenvalue weighted by molar-refractivity contribution is -0.116. The SMILES string of the molecule is CC(=O)N(C)c1cccc(NC(=O)c2cccc(C)c2)c1. The van der Waals surface area contributed by atoms with Gasteiger partial charge in [-0.3, -0.25) is 9.59 Å². The maximum absolute atomic E-state index is 12.2. The molecule has 0 atom stereocenters. The second kappa shape index (κ2) is 6.22. The number of hydrogen-bond donors (Lipinski definition) is 1. The molecule has 0 fully saturated rings. The minimum absolute atomic E-state index is 0.0582. The number of nitrogens with one attached hydrogen (secondary N) is 1. The Balaban J connectivity index is 2.18. The van der Waals surface area contributed by atoms with E-state index in [9.17, 15) is 9.59 Å². The first-order valence-corrected chi connectivity index (χ1v) is 6.70. The molecule has 0 aliphatic heterocycles. The van der Waals surface area contributed by atoms with E-state index in [1.165, 1.54) is 11.8 Å². The summed E-state index contributed by atoms with van der Waals surface area (Å²) in [5.41, 5.74) is 3.05. The van der Waals surface area contributed by atoms with Gasteiger partial charge in [0, 0.05) is 30.9 Å². The average Bonchev–Trinajstić information content (AvgIpc) is 2.46. The number of aryl methyl sites for hydroxylation is 1. The molecule has 2 amide bonds. The molecular formula is C17H18N2O2. The van der Waals surface area contributed by atoms with Crippen molar-refractivity contribution in [2.24, 2.45) is 0 Å². The number of carbonyl (C=O) groups is 2. The van der Waals surface area contributed by atoms with E-state index >= 15 is 0 Å². The summed E-state index contributed by atoms with van der Waals surface area (Å²) in [5, 5.41) is 2.84. The first-order valence-electron chi connectivity index (χ1n) is 6.70. The zero-order chi connectivity index (χ0) is 15.4. The minimum atomic E-state index is -0.165. The second-order valence-corrected chi connectivity index (χ2v) is 4.95. The Bertz CT molecular complexity index is 680. The highest BCUT2D eigenvalue weighted by Crippen LogP contribution is 2.19. The molecule has 4 heteroatoms. The van der Waals surface area contributed by atoms with Crippen LogP contribution in [0.15, 0.2) is 48.5 Å². The second-order valence-electron chi connectivity index (χ2n) is 4.95. The monoisotopic (exact) mass is 282 g/mol. The van der Waals surface area contributed by atoms with Gasteiger partial charge in [-0.15, -0.1) is 0 Å². The van der Waals surface area contributed by atoms with Crippen molar-refractivity contribution >= 4 is 23.2 Å². The van der Waals surface area contributed by atoms with Crippen molar-refractivity contribution < 1.29 is 9.59 Å². The van der Waals surface area contributed by atoms with Crippen LogP contribution in [0, 0.1) is 6.92 Å². The lowest BCUT2D eigenvalue weighted by Crippen LogP contribution is -2.23. The van der Waals surface area contributed by atoms with Crippen LogP contribution in [-0.2, 0) is 4.79 Å². The molecule has 0 spiro atoms. The molecule has 0 aromatic heterocycles. The molecule has 0 aliphatic carbocycles. The molecule has 2 aromatic carbocycles. The highest BCUT2D eigenvalue weighted by Gasteiger charge is 2.09. The van der Waals surface area contributed by atoms with Gasteiger partial charge >= 0.3 is 0 Å². The van der Waals surface area contributed by atoms with Gasteiger partial charge in [0.1, 0.15) is 0 Å². The molecule has 2 rings (SSSR count). The van der Waals surface area contributed by atoms with Crippen LogP contribution in [0.2, 0.25) is 0 Å². The average molecular weight is 282 g/mol. The standard InChI is InChI=1S/C17H18N2O2/c1-12-6-4-7-14(10-12)17(21)18-15-8-5-9-16(11-15)19(3)13(2)20/h4-11H,1-3H3,(H,18,21). The number of nitrogens with zero attached hydrogens (tertiary/aromatic N) is 1.